The third-order valence-corrected chi connectivity index (χ3v) is 5.25. The number of ether oxygens (including phenoxy) is 2. The maximum Gasteiger partial charge on any atom is 0.190 e. The van der Waals surface area contributed by atoms with E-state index in [1.165, 1.54) is 58.2 Å². The highest BCUT2D eigenvalue weighted by atomic mass is 16.5. The highest BCUT2D eigenvalue weighted by molar-refractivity contribution is 5.79. The molecule has 0 saturated carbocycles. The molecule has 0 aromatic rings. The van der Waals surface area contributed by atoms with Crippen LogP contribution in [0.2, 0.25) is 0 Å². The first-order valence-electron chi connectivity index (χ1n) is 10.7. The molecule has 0 amide bonds. The van der Waals surface area contributed by atoms with Crippen LogP contribution in [0.15, 0.2) is 4.99 Å². The molecule has 2 heterocycles. The Labute approximate surface area is 160 Å². The van der Waals surface area contributed by atoms with E-state index in [0.717, 1.165) is 58.3 Å². The Kier molecular flexibility index (Phi) is 11.7. The Hall–Kier alpha value is -0.850. The van der Waals surface area contributed by atoms with E-state index >= 15 is 0 Å². The van der Waals surface area contributed by atoms with Crippen LogP contribution in [0.4, 0.5) is 0 Å². The first-order chi connectivity index (χ1) is 12.9. The Morgan fingerprint density at radius 3 is 2.62 bits per heavy atom. The van der Waals surface area contributed by atoms with Crippen LogP contribution in [0.25, 0.3) is 0 Å². The molecule has 0 radical (unpaired) electrons. The Balaban J connectivity index is 1.36. The minimum Gasteiger partial charge on any atom is -0.381 e. The molecule has 1 atom stereocenters. The summed E-state index contributed by atoms with van der Waals surface area (Å²) in [5.41, 5.74) is 0. The molecule has 0 aromatic heterocycles. The van der Waals surface area contributed by atoms with Crippen LogP contribution in [-0.4, -0.2) is 77.1 Å². The second-order valence-corrected chi connectivity index (χ2v) is 7.55. The second kappa shape index (κ2) is 14.2. The number of rotatable bonds is 12. The standard InChI is InChI=1S/C20H40N4O2/c1-21-20(23-11-8-15-25-17-19-9-16-26-18-19)22-10-4-2-5-12-24-13-6-3-7-14-24/h19H,2-18H2,1H3,(H2,21,22,23). The lowest BCUT2D eigenvalue weighted by Crippen LogP contribution is -2.38. The Morgan fingerprint density at radius 2 is 1.88 bits per heavy atom. The van der Waals surface area contributed by atoms with Gasteiger partial charge in [-0.15, -0.1) is 0 Å². The van der Waals surface area contributed by atoms with Gasteiger partial charge in [0.2, 0.25) is 0 Å². The fraction of sp³-hybridized carbons (Fsp3) is 0.950. The monoisotopic (exact) mass is 368 g/mol. The average Bonchev–Trinajstić information content (AvgIpc) is 3.19. The van der Waals surface area contributed by atoms with Crippen LogP contribution in [0.5, 0.6) is 0 Å². The molecule has 0 aromatic carbocycles. The van der Waals surface area contributed by atoms with Gasteiger partial charge in [-0.25, -0.2) is 0 Å². The topological polar surface area (TPSA) is 58.1 Å². The Morgan fingerprint density at radius 1 is 1.08 bits per heavy atom. The number of guanidine groups is 1. The summed E-state index contributed by atoms with van der Waals surface area (Å²) in [6.45, 7) is 9.21. The van der Waals surface area contributed by atoms with E-state index in [4.69, 9.17) is 9.47 Å². The number of piperidine rings is 1. The van der Waals surface area contributed by atoms with Gasteiger partial charge < -0.3 is 25.0 Å². The molecular formula is C20H40N4O2. The van der Waals surface area contributed by atoms with E-state index in [1.807, 2.05) is 7.05 Å². The molecule has 2 saturated heterocycles. The lowest BCUT2D eigenvalue weighted by atomic mass is 10.1. The number of hydrogen-bond acceptors (Lipinski definition) is 4. The molecule has 0 aliphatic carbocycles. The number of hydrogen-bond donors (Lipinski definition) is 2. The normalized spacial score (nSPS) is 21.9. The van der Waals surface area contributed by atoms with Crippen molar-refractivity contribution in [1.29, 1.82) is 0 Å². The molecule has 1 unspecified atom stereocenters. The fourth-order valence-electron chi connectivity index (χ4n) is 3.59. The molecule has 2 aliphatic heterocycles. The molecule has 2 rings (SSSR count). The minimum atomic E-state index is 0.604. The molecule has 2 aliphatic rings. The molecule has 2 fully saturated rings. The van der Waals surface area contributed by atoms with E-state index in [2.05, 4.69) is 20.5 Å². The zero-order valence-electron chi connectivity index (χ0n) is 16.8. The molecule has 0 spiro atoms. The van der Waals surface area contributed by atoms with Gasteiger partial charge in [-0.2, -0.15) is 0 Å². The van der Waals surface area contributed by atoms with Crippen molar-refractivity contribution < 1.29 is 9.47 Å². The lowest BCUT2D eigenvalue weighted by molar-refractivity contribution is 0.0888. The first kappa shape index (κ1) is 21.5. The van der Waals surface area contributed by atoms with Crippen LogP contribution in [0.1, 0.15) is 51.4 Å². The van der Waals surface area contributed by atoms with Crippen molar-refractivity contribution in [2.45, 2.75) is 51.4 Å². The maximum absolute atomic E-state index is 5.72. The van der Waals surface area contributed by atoms with Gasteiger partial charge in [-0.3, -0.25) is 4.99 Å². The van der Waals surface area contributed by atoms with Gasteiger partial charge in [0.25, 0.3) is 0 Å². The number of aliphatic imine (C=N–C) groups is 1. The summed E-state index contributed by atoms with van der Waals surface area (Å²) in [7, 11) is 1.84. The largest absolute Gasteiger partial charge is 0.381 e. The highest BCUT2D eigenvalue weighted by Crippen LogP contribution is 2.12. The van der Waals surface area contributed by atoms with Crippen molar-refractivity contribution in [3.8, 4) is 0 Å². The van der Waals surface area contributed by atoms with Crippen molar-refractivity contribution in [3.63, 3.8) is 0 Å². The second-order valence-electron chi connectivity index (χ2n) is 7.55. The van der Waals surface area contributed by atoms with E-state index in [-0.39, 0.29) is 0 Å². The molecule has 6 heteroatoms. The van der Waals surface area contributed by atoms with Gasteiger partial charge in [0, 0.05) is 39.3 Å². The predicted octanol–water partition coefficient (Wildman–Crippen LogP) is 2.25. The summed E-state index contributed by atoms with van der Waals surface area (Å²) >= 11 is 0. The van der Waals surface area contributed by atoms with E-state index < -0.39 is 0 Å². The lowest BCUT2D eigenvalue weighted by Gasteiger charge is -2.26. The van der Waals surface area contributed by atoms with Crippen molar-refractivity contribution >= 4 is 5.96 Å². The summed E-state index contributed by atoms with van der Waals surface area (Å²) in [5, 5.41) is 6.78. The molecule has 26 heavy (non-hydrogen) atoms. The van der Waals surface area contributed by atoms with Crippen molar-refractivity contribution in [2.24, 2.45) is 10.9 Å². The number of unbranched alkanes of at least 4 members (excludes halogenated alkanes) is 2. The fourth-order valence-corrected chi connectivity index (χ4v) is 3.59. The van der Waals surface area contributed by atoms with E-state index in [9.17, 15) is 0 Å². The zero-order valence-corrected chi connectivity index (χ0v) is 16.8. The van der Waals surface area contributed by atoms with Crippen LogP contribution in [0, 0.1) is 5.92 Å². The first-order valence-corrected chi connectivity index (χ1v) is 10.7. The zero-order chi connectivity index (χ0) is 18.3. The summed E-state index contributed by atoms with van der Waals surface area (Å²) in [6, 6.07) is 0. The summed E-state index contributed by atoms with van der Waals surface area (Å²) in [4.78, 5) is 6.91. The van der Waals surface area contributed by atoms with Gasteiger partial charge in [0.1, 0.15) is 0 Å². The maximum atomic E-state index is 5.72. The minimum absolute atomic E-state index is 0.604. The third kappa shape index (κ3) is 9.74. The van der Waals surface area contributed by atoms with Crippen molar-refractivity contribution in [1.82, 2.24) is 15.5 Å². The summed E-state index contributed by atoms with van der Waals surface area (Å²) in [6.07, 6.45) is 10.2. The van der Waals surface area contributed by atoms with Crippen molar-refractivity contribution in [3.05, 3.63) is 0 Å². The van der Waals surface area contributed by atoms with Gasteiger partial charge >= 0.3 is 0 Å². The third-order valence-electron chi connectivity index (χ3n) is 5.25. The Bertz CT molecular complexity index is 367. The molecule has 152 valence electrons. The average molecular weight is 369 g/mol. The molecule has 2 N–H and O–H groups in total. The van der Waals surface area contributed by atoms with Gasteiger partial charge in [0.05, 0.1) is 13.2 Å². The van der Waals surface area contributed by atoms with Crippen LogP contribution >= 0.6 is 0 Å². The number of likely N-dealkylation sites (tertiary alicyclic amines) is 1. The van der Waals surface area contributed by atoms with E-state index in [0.29, 0.717) is 5.92 Å². The number of nitrogens with one attached hydrogen (secondary N) is 2. The van der Waals surface area contributed by atoms with Gasteiger partial charge in [0.15, 0.2) is 5.96 Å². The molecule has 0 bridgehead atoms. The quantitative estimate of drug-likeness (QED) is 0.314. The van der Waals surface area contributed by atoms with Crippen LogP contribution in [0.3, 0.4) is 0 Å². The summed E-state index contributed by atoms with van der Waals surface area (Å²) < 4.78 is 11.1. The highest BCUT2D eigenvalue weighted by Gasteiger charge is 2.15. The summed E-state index contributed by atoms with van der Waals surface area (Å²) in [5.74, 6) is 1.51. The van der Waals surface area contributed by atoms with E-state index in [1.54, 1.807) is 0 Å². The van der Waals surface area contributed by atoms with Gasteiger partial charge in [-0.1, -0.05) is 12.8 Å². The van der Waals surface area contributed by atoms with Gasteiger partial charge in [-0.05, 0) is 58.2 Å². The molecule has 6 nitrogen and oxygen atoms in total. The smallest absolute Gasteiger partial charge is 0.190 e. The van der Waals surface area contributed by atoms with Crippen molar-refractivity contribution in [2.75, 3.05) is 66.2 Å². The molecular weight excluding hydrogens is 328 g/mol. The van der Waals surface area contributed by atoms with Crippen LogP contribution in [-0.2, 0) is 9.47 Å². The SMILES string of the molecule is CN=C(NCCCCCN1CCCCC1)NCCCOCC1CCOC1. The predicted molar refractivity (Wildman–Crippen MR) is 108 cm³/mol. The number of nitrogens with zero attached hydrogens (tertiary/aromatic N) is 2. The van der Waals surface area contributed by atoms with Crippen LogP contribution < -0.4 is 10.6 Å².